The Morgan fingerprint density at radius 1 is 1.19 bits per heavy atom. The molecular formula is C16H15ClN2OS. The maximum Gasteiger partial charge on any atom is 0.171 e. The highest BCUT2D eigenvalue weighted by atomic mass is 35.5. The van der Waals surface area contributed by atoms with Gasteiger partial charge in [-0.15, -0.1) is 0 Å². The van der Waals surface area contributed by atoms with Gasteiger partial charge >= 0.3 is 0 Å². The highest BCUT2D eigenvalue weighted by Crippen LogP contribution is 2.12. The van der Waals surface area contributed by atoms with Gasteiger partial charge in [-0.1, -0.05) is 35.9 Å². The predicted octanol–water partition coefficient (Wildman–Crippen LogP) is 4.03. The number of Topliss-reactive ketones (excluding diaryl/α,β-unsaturated/α-hetero) is 1. The first kappa shape index (κ1) is 15.5. The summed E-state index contributed by atoms with van der Waals surface area (Å²) in [6, 6.07) is 14.8. The molecule has 0 aliphatic rings. The molecule has 2 rings (SSSR count). The smallest absolute Gasteiger partial charge is 0.171 e. The molecule has 0 aliphatic carbocycles. The summed E-state index contributed by atoms with van der Waals surface area (Å²) in [4.78, 5) is 11.3. The summed E-state index contributed by atoms with van der Waals surface area (Å²) in [5, 5.41) is 7.35. The third-order valence-corrected chi connectivity index (χ3v) is 3.35. The van der Waals surface area contributed by atoms with E-state index in [-0.39, 0.29) is 5.78 Å². The average Bonchev–Trinajstić information content (AvgIpc) is 2.45. The SMILES string of the molecule is CC(=O)c1cccc(NC(=S)NCc2cccc(Cl)c2)c1. The van der Waals surface area contributed by atoms with Gasteiger partial charge in [0.2, 0.25) is 0 Å². The number of hydrogen-bond donors (Lipinski definition) is 2. The molecule has 0 fully saturated rings. The van der Waals surface area contributed by atoms with Crippen molar-refractivity contribution in [3.63, 3.8) is 0 Å². The highest BCUT2D eigenvalue weighted by molar-refractivity contribution is 7.80. The maximum absolute atomic E-state index is 11.3. The van der Waals surface area contributed by atoms with Crippen LogP contribution >= 0.6 is 23.8 Å². The van der Waals surface area contributed by atoms with Crippen molar-refractivity contribution in [1.29, 1.82) is 0 Å². The Hall–Kier alpha value is -1.91. The Morgan fingerprint density at radius 2 is 1.95 bits per heavy atom. The molecule has 2 aromatic rings. The first-order valence-corrected chi connectivity index (χ1v) is 7.23. The standard InChI is InChI=1S/C16H15ClN2OS/c1-11(20)13-5-3-7-15(9-13)19-16(21)18-10-12-4-2-6-14(17)8-12/h2-9H,10H2,1H3,(H2,18,19,21). The third-order valence-electron chi connectivity index (χ3n) is 2.87. The lowest BCUT2D eigenvalue weighted by Gasteiger charge is -2.11. The Labute approximate surface area is 134 Å². The number of carbonyl (C=O) groups excluding carboxylic acids is 1. The van der Waals surface area contributed by atoms with Crippen LogP contribution in [0.15, 0.2) is 48.5 Å². The summed E-state index contributed by atoms with van der Waals surface area (Å²) in [5.41, 5.74) is 2.48. The Balaban J connectivity index is 1.93. The van der Waals surface area contributed by atoms with Crippen molar-refractivity contribution in [2.75, 3.05) is 5.32 Å². The predicted molar refractivity (Wildman–Crippen MR) is 91.0 cm³/mol. The molecule has 0 aliphatic heterocycles. The van der Waals surface area contributed by atoms with E-state index in [9.17, 15) is 4.79 Å². The van der Waals surface area contributed by atoms with Gasteiger partial charge in [0.15, 0.2) is 10.9 Å². The van der Waals surface area contributed by atoms with Crippen LogP contribution in [0.25, 0.3) is 0 Å². The summed E-state index contributed by atoms with van der Waals surface area (Å²) < 4.78 is 0. The largest absolute Gasteiger partial charge is 0.358 e. The van der Waals surface area contributed by atoms with E-state index in [4.69, 9.17) is 23.8 Å². The van der Waals surface area contributed by atoms with E-state index < -0.39 is 0 Å². The summed E-state index contributed by atoms with van der Waals surface area (Å²) in [5.74, 6) is 0.0245. The van der Waals surface area contributed by atoms with Gasteiger partial charge in [0, 0.05) is 22.8 Å². The van der Waals surface area contributed by atoms with Crippen LogP contribution in [-0.2, 0) is 6.54 Å². The second kappa shape index (κ2) is 7.20. The van der Waals surface area contributed by atoms with E-state index >= 15 is 0 Å². The van der Waals surface area contributed by atoms with Gasteiger partial charge in [0.1, 0.15) is 0 Å². The zero-order chi connectivity index (χ0) is 15.2. The number of thiocarbonyl (C=S) groups is 1. The molecular weight excluding hydrogens is 304 g/mol. The van der Waals surface area contributed by atoms with E-state index in [0.717, 1.165) is 11.3 Å². The van der Waals surface area contributed by atoms with E-state index in [2.05, 4.69) is 10.6 Å². The lowest BCUT2D eigenvalue weighted by molar-refractivity contribution is 0.101. The number of hydrogen-bond acceptors (Lipinski definition) is 2. The third kappa shape index (κ3) is 4.85. The van der Waals surface area contributed by atoms with Crippen LogP contribution in [0.3, 0.4) is 0 Å². The summed E-state index contributed by atoms with van der Waals surface area (Å²) >= 11 is 11.2. The van der Waals surface area contributed by atoms with Crippen molar-refractivity contribution in [3.05, 3.63) is 64.7 Å². The number of rotatable bonds is 4. The van der Waals surface area contributed by atoms with Gasteiger partial charge in [-0.25, -0.2) is 0 Å². The zero-order valence-electron chi connectivity index (χ0n) is 11.5. The molecule has 0 heterocycles. The molecule has 3 nitrogen and oxygen atoms in total. The average molecular weight is 319 g/mol. The van der Waals surface area contributed by atoms with Gasteiger partial charge < -0.3 is 10.6 Å². The number of carbonyl (C=O) groups is 1. The number of ketones is 1. The van der Waals surface area contributed by atoms with E-state index in [1.807, 2.05) is 36.4 Å². The fourth-order valence-corrected chi connectivity index (χ4v) is 2.22. The van der Waals surface area contributed by atoms with E-state index in [1.165, 1.54) is 6.92 Å². The molecule has 2 aromatic carbocycles. The Morgan fingerprint density at radius 3 is 2.67 bits per heavy atom. The Bertz CT molecular complexity index is 673. The lowest BCUT2D eigenvalue weighted by Crippen LogP contribution is -2.27. The topological polar surface area (TPSA) is 41.1 Å². The lowest BCUT2D eigenvalue weighted by atomic mass is 10.1. The second-order valence-electron chi connectivity index (χ2n) is 4.57. The van der Waals surface area contributed by atoms with Crippen molar-refractivity contribution < 1.29 is 4.79 Å². The van der Waals surface area contributed by atoms with Gasteiger partial charge in [-0.05, 0) is 49.0 Å². The number of halogens is 1. The maximum atomic E-state index is 11.3. The minimum atomic E-state index is 0.0245. The minimum Gasteiger partial charge on any atom is -0.358 e. The molecule has 5 heteroatoms. The van der Waals surface area contributed by atoms with Crippen molar-refractivity contribution in [2.45, 2.75) is 13.5 Å². The fourth-order valence-electron chi connectivity index (χ4n) is 1.82. The highest BCUT2D eigenvalue weighted by Gasteiger charge is 2.02. The summed E-state index contributed by atoms with van der Waals surface area (Å²) in [6.45, 7) is 2.12. The van der Waals surface area contributed by atoms with Crippen LogP contribution in [0, 0.1) is 0 Å². The van der Waals surface area contributed by atoms with Gasteiger partial charge in [0.05, 0.1) is 0 Å². The molecule has 0 amide bonds. The summed E-state index contributed by atoms with van der Waals surface area (Å²) in [6.07, 6.45) is 0. The molecule has 0 spiro atoms. The molecule has 2 N–H and O–H groups in total. The molecule has 0 bridgehead atoms. The zero-order valence-corrected chi connectivity index (χ0v) is 13.1. The molecule has 0 saturated heterocycles. The van der Waals surface area contributed by atoms with Crippen LogP contribution in [-0.4, -0.2) is 10.9 Å². The van der Waals surface area contributed by atoms with Crippen LogP contribution in [0.2, 0.25) is 5.02 Å². The second-order valence-corrected chi connectivity index (χ2v) is 5.42. The van der Waals surface area contributed by atoms with Crippen molar-refractivity contribution in [1.82, 2.24) is 5.32 Å². The van der Waals surface area contributed by atoms with Crippen LogP contribution in [0.5, 0.6) is 0 Å². The molecule has 0 atom stereocenters. The molecule has 0 saturated carbocycles. The first-order chi connectivity index (χ1) is 10.0. The normalized spacial score (nSPS) is 10.0. The molecule has 108 valence electrons. The fraction of sp³-hybridized carbons (Fsp3) is 0.125. The molecule has 0 radical (unpaired) electrons. The monoisotopic (exact) mass is 318 g/mol. The van der Waals surface area contributed by atoms with Gasteiger partial charge in [0.25, 0.3) is 0 Å². The Kier molecular flexibility index (Phi) is 5.31. The number of nitrogens with one attached hydrogen (secondary N) is 2. The van der Waals surface area contributed by atoms with Crippen LogP contribution < -0.4 is 10.6 Å². The summed E-state index contributed by atoms with van der Waals surface area (Å²) in [7, 11) is 0. The van der Waals surface area contributed by atoms with Crippen molar-refractivity contribution in [2.24, 2.45) is 0 Å². The number of benzene rings is 2. The minimum absolute atomic E-state index is 0.0245. The number of anilines is 1. The van der Waals surface area contributed by atoms with Crippen molar-refractivity contribution >= 4 is 40.4 Å². The molecule has 0 unspecified atom stereocenters. The van der Waals surface area contributed by atoms with Gasteiger partial charge in [-0.2, -0.15) is 0 Å². The van der Waals surface area contributed by atoms with E-state index in [0.29, 0.717) is 22.2 Å². The first-order valence-electron chi connectivity index (χ1n) is 6.45. The van der Waals surface area contributed by atoms with Crippen LogP contribution in [0.4, 0.5) is 5.69 Å². The van der Waals surface area contributed by atoms with Crippen molar-refractivity contribution in [3.8, 4) is 0 Å². The van der Waals surface area contributed by atoms with Gasteiger partial charge in [-0.3, -0.25) is 4.79 Å². The molecule has 21 heavy (non-hydrogen) atoms. The quantitative estimate of drug-likeness (QED) is 0.659. The molecule has 0 aromatic heterocycles. The van der Waals surface area contributed by atoms with E-state index in [1.54, 1.807) is 12.1 Å². The van der Waals surface area contributed by atoms with Crippen LogP contribution in [0.1, 0.15) is 22.8 Å².